The number of anilines is 2. The molecule has 11 aromatic rings. The molecule has 0 radical (unpaired) electrons. The summed E-state index contributed by atoms with van der Waals surface area (Å²) in [6.45, 7) is 18.7. The molecule has 3 aliphatic rings. The van der Waals surface area contributed by atoms with Crippen LogP contribution in [0.15, 0.2) is 144 Å². The summed E-state index contributed by atoms with van der Waals surface area (Å²) in [6.07, 6.45) is 0. The van der Waals surface area contributed by atoms with Gasteiger partial charge in [0.25, 0.3) is 0 Å². The summed E-state index contributed by atoms with van der Waals surface area (Å²) in [5.41, 5.74) is 21.5. The van der Waals surface area contributed by atoms with E-state index in [1.807, 2.05) is 11.3 Å². The maximum Gasteiger partial charge on any atom is 0.333 e. The van der Waals surface area contributed by atoms with Gasteiger partial charge in [-0.3, -0.25) is 0 Å². The zero-order chi connectivity index (χ0) is 43.3. The van der Waals surface area contributed by atoms with Crippen molar-refractivity contribution in [3.8, 4) is 27.9 Å². The molecule has 308 valence electrons. The first-order valence-corrected chi connectivity index (χ1v) is 23.7. The number of rotatable bonds is 1. The van der Waals surface area contributed by atoms with Crippen LogP contribution in [-0.2, 0) is 16.2 Å². The fraction of sp³-hybridized carbons (Fsp3) is 0.186. The van der Waals surface area contributed by atoms with E-state index < -0.39 is 0 Å². The molecule has 0 unspecified atom stereocenters. The lowest BCUT2D eigenvalue weighted by Crippen LogP contribution is -2.60. The van der Waals surface area contributed by atoms with Crippen LogP contribution >= 0.6 is 11.3 Å². The van der Waals surface area contributed by atoms with Crippen LogP contribution in [0.5, 0.6) is 0 Å². The Morgan fingerprint density at radius 3 is 2.05 bits per heavy atom. The number of hydrogen-bond donors (Lipinski definition) is 0. The van der Waals surface area contributed by atoms with Crippen molar-refractivity contribution in [2.45, 2.75) is 71.6 Å². The lowest BCUT2D eigenvalue weighted by molar-refractivity contribution is 0.584. The van der Waals surface area contributed by atoms with Crippen molar-refractivity contribution in [3.05, 3.63) is 162 Å². The summed E-state index contributed by atoms with van der Waals surface area (Å²) >= 11 is 1.90. The average Bonchev–Trinajstić information content (AvgIpc) is 4.00. The Kier molecular flexibility index (Phi) is 6.89. The standard InChI is InChI=1S/C59H47BN2OS/c1-57(2,3)32-17-20-34(21-18-32)62-48-30-45-41(35-22-19-33(58(4,5)6)27-44(35)59(45,7)8)28-42(48)38-23-24-40-53-47(26-25-39-36-13-9-11-15-50(36)63-56(39)53)61-49-31-52-43(37-14-10-12-16-51(37)64-52)29-46(49)60(62)54(38)55(40)61/h9-31H,1-8H3. The lowest BCUT2D eigenvalue weighted by Gasteiger charge is -2.42. The molecule has 0 bridgehead atoms. The fourth-order valence-electron chi connectivity index (χ4n) is 12.0. The van der Waals surface area contributed by atoms with E-state index in [1.54, 1.807) is 0 Å². The van der Waals surface area contributed by atoms with Gasteiger partial charge in [-0.25, -0.2) is 0 Å². The molecular formula is C59H47BN2OS. The number of fused-ring (bicyclic) bond motifs is 18. The Balaban J connectivity index is 1.15. The number of hydrogen-bond acceptors (Lipinski definition) is 3. The predicted octanol–water partition coefficient (Wildman–Crippen LogP) is 15.2. The van der Waals surface area contributed by atoms with Gasteiger partial charge in [-0.2, -0.15) is 0 Å². The minimum Gasteiger partial charge on any atom is -0.455 e. The van der Waals surface area contributed by atoms with Crippen LogP contribution in [0.25, 0.3) is 91.9 Å². The van der Waals surface area contributed by atoms with Gasteiger partial charge in [0.15, 0.2) is 0 Å². The number of furan rings is 1. The van der Waals surface area contributed by atoms with Crippen LogP contribution < -0.4 is 15.7 Å². The molecule has 1 aliphatic carbocycles. The van der Waals surface area contributed by atoms with Gasteiger partial charge < -0.3 is 13.8 Å². The van der Waals surface area contributed by atoms with E-state index in [-0.39, 0.29) is 23.1 Å². The summed E-state index contributed by atoms with van der Waals surface area (Å²) in [4.78, 5) is 2.71. The minimum atomic E-state index is -0.177. The Bertz CT molecular complexity index is 3900. The van der Waals surface area contributed by atoms with Gasteiger partial charge in [0.2, 0.25) is 0 Å². The summed E-state index contributed by atoms with van der Waals surface area (Å²) in [5.74, 6) is 0. The Morgan fingerprint density at radius 2 is 1.25 bits per heavy atom. The SMILES string of the molecule is CC(C)(C)c1ccc(N2B3c4cc5c(cc4-n4c6ccc7c8ccccc8oc7c6c6ccc(c3c64)-c3cc4c(cc32)C(C)(C)c2cc(C(C)(C)C)ccc2-4)sc2ccccc25)cc1. The Morgan fingerprint density at radius 1 is 0.547 bits per heavy atom. The number of nitrogens with zero attached hydrogens (tertiary/aromatic N) is 2. The summed E-state index contributed by atoms with van der Waals surface area (Å²) in [7, 11) is 0. The third-order valence-corrected chi connectivity index (χ3v) is 16.4. The molecule has 0 amide bonds. The molecule has 8 aromatic carbocycles. The highest BCUT2D eigenvalue weighted by Gasteiger charge is 2.46. The van der Waals surface area contributed by atoms with Crippen LogP contribution in [0.2, 0.25) is 0 Å². The van der Waals surface area contributed by atoms with E-state index in [0.29, 0.717) is 0 Å². The number of thiophene rings is 1. The largest absolute Gasteiger partial charge is 0.455 e. The highest BCUT2D eigenvalue weighted by molar-refractivity contribution is 7.26. The van der Waals surface area contributed by atoms with Crippen molar-refractivity contribution in [2.24, 2.45) is 0 Å². The Hall–Kier alpha value is -6.56. The van der Waals surface area contributed by atoms with Gasteiger partial charge in [-0.1, -0.05) is 140 Å². The van der Waals surface area contributed by atoms with Gasteiger partial charge in [-0.15, -0.1) is 11.3 Å². The monoisotopic (exact) mass is 842 g/mol. The topological polar surface area (TPSA) is 21.3 Å². The molecule has 5 heteroatoms. The number of para-hydroxylation sites is 1. The van der Waals surface area contributed by atoms with E-state index in [4.69, 9.17) is 4.42 Å². The Labute approximate surface area is 377 Å². The quantitative estimate of drug-likeness (QED) is 0.154. The highest BCUT2D eigenvalue weighted by Crippen LogP contribution is 2.55. The van der Waals surface area contributed by atoms with Gasteiger partial charge in [0, 0.05) is 64.4 Å². The zero-order valence-corrected chi connectivity index (χ0v) is 38.4. The van der Waals surface area contributed by atoms with Crippen molar-refractivity contribution in [3.63, 3.8) is 0 Å². The van der Waals surface area contributed by atoms with Crippen LogP contribution in [0.1, 0.15) is 77.6 Å². The highest BCUT2D eigenvalue weighted by atomic mass is 32.1. The molecule has 2 aliphatic heterocycles. The van der Waals surface area contributed by atoms with E-state index in [9.17, 15) is 0 Å². The summed E-state index contributed by atoms with van der Waals surface area (Å²) < 4.78 is 12.1. The van der Waals surface area contributed by atoms with Gasteiger partial charge in [0.1, 0.15) is 11.2 Å². The molecule has 0 spiro atoms. The van der Waals surface area contributed by atoms with Crippen LogP contribution in [0.4, 0.5) is 11.4 Å². The molecule has 3 nitrogen and oxygen atoms in total. The second-order valence-corrected chi connectivity index (χ2v) is 22.4. The molecule has 0 saturated heterocycles. The molecular weight excluding hydrogens is 796 g/mol. The molecule has 0 N–H and O–H groups in total. The smallest absolute Gasteiger partial charge is 0.333 e. The molecule has 0 fully saturated rings. The third-order valence-electron chi connectivity index (χ3n) is 15.3. The van der Waals surface area contributed by atoms with Crippen molar-refractivity contribution in [2.75, 3.05) is 4.81 Å². The first-order valence-electron chi connectivity index (χ1n) is 22.9. The molecule has 0 atom stereocenters. The molecule has 14 rings (SSSR count). The third kappa shape index (κ3) is 4.63. The molecule has 5 heterocycles. The molecule has 64 heavy (non-hydrogen) atoms. The normalized spacial score (nSPS) is 14.9. The van der Waals surface area contributed by atoms with E-state index in [2.05, 4.69) is 204 Å². The molecule has 3 aromatic heterocycles. The number of aromatic nitrogens is 1. The van der Waals surface area contributed by atoms with Gasteiger partial charge in [-0.05, 0) is 115 Å². The van der Waals surface area contributed by atoms with E-state index in [1.165, 1.54) is 114 Å². The lowest BCUT2D eigenvalue weighted by atomic mass is 9.44. The van der Waals surface area contributed by atoms with Crippen LogP contribution in [0.3, 0.4) is 0 Å². The van der Waals surface area contributed by atoms with E-state index in [0.717, 1.165) is 21.9 Å². The second-order valence-electron chi connectivity index (χ2n) is 21.3. The minimum absolute atomic E-state index is 0.0333. The van der Waals surface area contributed by atoms with Crippen molar-refractivity contribution >= 4 is 104 Å². The van der Waals surface area contributed by atoms with Gasteiger partial charge in [0.05, 0.1) is 16.4 Å². The predicted molar refractivity (Wildman–Crippen MR) is 275 cm³/mol. The summed E-state index contributed by atoms with van der Waals surface area (Å²) in [5, 5.41) is 7.37. The number of benzene rings is 8. The van der Waals surface area contributed by atoms with Crippen molar-refractivity contribution in [1.29, 1.82) is 0 Å². The van der Waals surface area contributed by atoms with E-state index >= 15 is 0 Å². The average molecular weight is 843 g/mol. The summed E-state index contributed by atoms with van der Waals surface area (Å²) in [6, 6.07) is 53.8. The zero-order valence-electron chi connectivity index (χ0n) is 37.6. The van der Waals surface area contributed by atoms with Crippen molar-refractivity contribution < 1.29 is 4.42 Å². The fourth-order valence-corrected chi connectivity index (χ4v) is 13.1. The molecule has 0 saturated carbocycles. The first kappa shape index (κ1) is 36.9. The van der Waals surface area contributed by atoms with Gasteiger partial charge >= 0.3 is 6.85 Å². The van der Waals surface area contributed by atoms with Crippen LogP contribution in [-0.4, -0.2) is 11.4 Å². The van der Waals surface area contributed by atoms with Crippen LogP contribution in [0, 0.1) is 0 Å². The van der Waals surface area contributed by atoms with Crippen molar-refractivity contribution in [1.82, 2.24) is 4.57 Å². The first-order chi connectivity index (χ1) is 30.8. The second kappa shape index (κ2) is 12.0. The maximum absolute atomic E-state index is 6.88. The maximum atomic E-state index is 6.88.